The smallest absolute Gasteiger partial charge is 0.0468 e. The van der Waals surface area contributed by atoms with Gasteiger partial charge in [-0.05, 0) is 49.4 Å². The second-order valence-corrected chi connectivity index (χ2v) is 6.03. The minimum absolute atomic E-state index is 0.343. The van der Waals surface area contributed by atoms with Gasteiger partial charge in [-0.25, -0.2) is 0 Å². The van der Waals surface area contributed by atoms with Crippen molar-refractivity contribution in [3.8, 4) is 0 Å². The zero-order valence-corrected chi connectivity index (χ0v) is 12.4. The molecule has 1 nitrogen and oxygen atoms in total. The zero-order chi connectivity index (χ0) is 13.0. The Bertz CT molecular complexity index is 386. The molecule has 1 N–H and O–H groups in total. The fourth-order valence-electron chi connectivity index (χ4n) is 2.78. The minimum atomic E-state index is 0.343. The maximum absolute atomic E-state index is 6.27. The lowest BCUT2D eigenvalue weighted by molar-refractivity contribution is 0.431. The van der Waals surface area contributed by atoms with Crippen molar-refractivity contribution >= 4 is 23.2 Å². The van der Waals surface area contributed by atoms with E-state index in [4.69, 9.17) is 23.2 Å². The highest BCUT2D eigenvalue weighted by molar-refractivity contribution is 6.35. The molecule has 0 amide bonds. The zero-order valence-electron chi connectivity index (χ0n) is 10.9. The Kier molecular flexibility index (Phi) is 5.35. The molecule has 0 radical (unpaired) electrons. The van der Waals surface area contributed by atoms with Crippen LogP contribution in [-0.4, -0.2) is 6.54 Å². The van der Waals surface area contributed by atoms with Crippen LogP contribution in [0.3, 0.4) is 0 Å². The van der Waals surface area contributed by atoms with Gasteiger partial charge < -0.3 is 5.32 Å². The summed E-state index contributed by atoms with van der Waals surface area (Å²) >= 11 is 12.2. The molecule has 0 aromatic heterocycles. The SMILES string of the molecule is CCC(NCC1CCCC1)c1ccc(Cl)cc1Cl. The van der Waals surface area contributed by atoms with E-state index in [-0.39, 0.29) is 0 Å². The highest BCUT2D eigenvalue weighted by Crippen LogP contribution is 2.29. The van der Waals surface area contributed by atoms with Crippen molar-refractivity contribution < 1.29 is 0 Å². The maximum atomic E-state index is 6.27. The highest BCUT2D eigenvalue weighted by atomic mass is 35.5. The van der Waals surface area contributed by atoms with Gasteiger partial charge in [0.25, 0.3) is 0 Å². The van der Waals surface area contributed by atoms with E-state index in [1.165, 1.54) is 31.2 Å². The third-order valence-electron chi connectivity index (χ3n) is 3.87. The molecule has 100 valence electrons. The Morgan fingerprint density at radius 2 is 2.00 bits per heavy atom. The molecule has 0 heterocycles. The molecule has 0 spiro atoms. The van der Waals surface area contributed by atoms with Crippen LogP contribution in [0.1, 0.15) is 50.6 Å². The second-order valence-electron chi connectivity index (χ2n) is 5.19. The molecule has 1 atom stereocenters. The van der Waals surface area contributed by atoms with Gasteiger partial charge in [0.2, 0.25) is 0 Å². The van der Waals surface area contributed by atoms with Crippen molar-refractivity contribution in [3.05, 3.63) is 33.8 Å². The maximum Gasteiger partial charge on any atom is 0.0468 e. The molecule has 1 aromatic carbocycles. The number of nitrogens with one attached hydrogen (secondary N) is 1. The summed E-state index contributed by atoms with van der Waals surface area (Å²) in [6, 6.07) is 6.14. The predicted octanol–water partition coefficient (Wildman–Crippen LogP) is 5.22. The normalized spacial score (nSPS) is 18.2. The summed E-state index contributed by atoms with van der Waals surface area (Å²) in [6.45, 7) is 3.30. The van der Waals surface area contributed by atoms with E-state index in [0.29, 0.717) is 11.1 Å². The fraction of sp³-hybridized carbons (Fsp3) is 0.600. The van der Waals surface area contributed by atoms with Crippen LogP contribution in [0.2, 0.25) is 10.0 Å². The lowest BCUT2D eigenvalue weighted by Gasteiger charge is -2.21. The standard InChI is InChI=1S/C15H21Cl2N/c1-2-15(18-10-11-5-3-4-6-11)13-8-7-12(16)9-14(13)17/h7-9,11,15,18H,2-6,10H2,1H3. The summed E-state index contributed by atoms with van der Waals surface area (Å²) in [7, 11) is 0. The van der Waals surface area contributed by atoms with Crippen LogP contribution in [0.4, 0.5) is 0 Å². The molecular formula is C15H21Cl2N. The number of halogens is 2. The first-order valence-corrected chi connectivity index (χ1v) is 7.64. The van der Waals surface area contributed by atoms with Crippen LogP contribution in [0.25, 0.3) is 0 Å². The van der Waals surface area contributed by atoms with Gasteiger partial charge in [-0.2, -0.15) is 0 Å². The van der Waals surface area contributed by atoms with Crippen molar-refractivity contribution in [1.82, 2.24) is 5.32 Å². The van der Waals surface area contributed by atoms with E-state index < -0.39 is 0 Å². The van der Waals surface area contributed by atoms with Crippen molar-refractivity contribution in [2.24, 2.45) is 5.92 Å². The van der Waals surface area contributed by atoms with Gasteiger partial charge in [-0.1, -0.05) is 49.0 Å². The van der Waals surface area contributed by atoms with Crippen LogP contribution in [-0.2, 0) is 0 Å². The van der Waals surface area contributed by atoms with Crippen LogP contribution >= 0.6 is 23.2 Å². The van der Waals surface area contributed by atoms with Gasteiger partial charge in [0.15, 0.2) is 0 Å². The molecule has 0 bridgehead atoms. The lowest BCUT2D eigenvalue weighted by Crippen LogP contribution is -2.26. The van der Waals surface area contributed by atoms with E-state index in [1.807, 2.05) is 18.2 Å². The molecule has 0 aliphatic heterocycles. The molecule has 3 heteroatoms. The largest absolute Gasteiger partial charge is 0.310 e. The van der Waals surface area contributed by atoms with Gasteiger partial charge in [-0.3, -0.25) is 0 Å². The van der Waals surface area contributed by atoms with Gasteiger partial charge >= 0.3 is 0 Å². The first-order chi connectivity index (χ1) is 8.70. The monoisotopic (exact) mass is 285 g/mol. The van der Waals surface area contributed by atoms with Crippen LogP contribution in [0, 0.1) is 5.92 Å². The molecule has 1 aliphatic rings. The second kappa shape index (κ2) is 6.79. The van der Waals surface area contributed by atoms with Crippen molar-refractivity contribution in [1.29, 1.82) is 0 Å². The molecule has 1 fully saturated rings. The Morgan fingerprint density at radius 3 is 2.61 bits per heavy atom. The lowest BCUT2D eigenvalue weighted by atomic mass is 10.0. The molecule has 1 unspecified atom stereocenters. The summed E-state index contributed by atoms with van der Waals surface area (Å²) in [5, 5.41) is 5.14. The Morgan fingerprint density at radius 1 is 1.28 bits per heavy atom. The average Bonchev–Trinajstić information content (AvgIpc) is 2.85. The van der Waals surface area contributed by atoms with E-state index in [1.54, 1.807) is 0 Å². The Labute approximate surface area is 120 Å². The predicted molar refractivity (Wildman–Crippen MR) is 79.5 cm³/mol. The molecule has 1 saturated carbocycles. The molecule has 18 heavy (non-hydrogen) atoms. The van der Waals surface area contributed by atoms with Crippen LogP contribution in [0.5, 0.6) is 0 Å². The molecule has 0 saturated heterocycles. The third-order valence-corrected chi connectivity index (χ3v) is 4.44. The van der Waals surface area contributed by atoms with E-state index >= 15 is 0 Å². The summed E-state index contributed by atoms with van der Waals surface area (Å²) < 4.78 is 0. The first kappa shape index (κ1) is 14.2. The summed E-state index contributed by atoms with van der Waals surface area (Å²) in [5.41, 5.74) is 1.17. The molecular weight excluding hydrogens is 265 g/mol. The number of hydrogen-bond donors (Lipinski definition) is 1. The number of hydrogen-bond acceptors (Lipinski definition) is 1. The van der Waals surface area contributed by atoms with Gasteiger partial charge in [0, 0.05) is 16.1 Å². The topological polar surface area (TPSA) is 12.0 Å². The van der Waals surface area contributed by atoms with Gasteiger partial charge in [0.1, 0.15) is 0 Å². The summed E-state index contributed by atoms with van der Waals surface area (Å²) in [6.07, 6.45) is 6.58. The third kappa shape index (κ3) is 3.63. The number of benzene rings is 1. The van der Waals surface area contributed by atoms with E-state index in [0.717, 1.165) is 23.9 Å². The average molecular weight is 286 g/mol. The fourth-order valence-corrected chi connectivity index (χ4v) is 3.32. The van der Waals surface area contributed by atoms with Crippen molar-refractivity contribution in [2.45, 2.75) is 45.1 Å². The van der Waals surface area contributed by atoms with Crippen LogP contribution < -0.4 is 5.32 Å². The highest BCUT2D eigenvalue weighted by Gasteiger charge is 2.18. The van der Waals surface area contributed by atoms with Crippen molar-refractivity contribution in [2.75, 3.05) is 6.54 Å². The minimum Gasteiger partial charge on any atom is -0.310 e. The van der Waals surface area contributed by atoms with E-state index in [9.17, 15) is 0 Å². The van der Waals surface area contributed by atoms with Gasteiger partial charge in [0.05, 0.1) is 0 Å². The first-order valence-electron chi connectivity index (χ1n) is 6.89. The van der Waals surface area contributed by atoms with Gasteiger partial charge in [-0.15, -0.1) is 0 Å². The van der Waals surface area contributed by atoms with E-state index in [2.05, 4.69) is 12.2 Å². The van der Waals surface area contributed by atoms with Crippen LogP contribution in [0.15, 0.2) is 18.2 Å². The summed E-state index contributed by atoms with van der Waals surface area (Å²) in [4.78, 5) is 0. The molecule has 2 rings (SSSR count). The Hall–Kier alpha value is -0.240. The molecule has 1 aliphatic carbocycles. The molecule has 1 aromatic rings. The Balaban J connectivity index is 1.98. The summed E-state index contributed by atoms with van der Waals surface area (Å²) in [5.74, 6) is 0.852. The number of rotatable bonds is 5. The quantitative estimate of drug-likeness (QED) is 0.782. The van der Waals surface area contributed by atoms with Crippen molar-refractivity contribution in [3.63, 3.8) is 0 Å².